The number of nitrogens with one attached hydrogen (secondary N) is 1. The fraction of sp³-hybridized carbons (Fsp3) is 0.562. The molecule has 0 bridgehead atoms. The van der Waals surface area contributed by atoms with Gasteiger partial charge in [-0.2, -0.15) is 0 Å². The van der Waals surface area contributed by atoms with Crippen LogP contribution in [0, 0.1) is 5.92 Å². The molecule has 1 aliphatic rings. The van der Waals surface area contributed by atoms with Crippen LogP contribution in [0.1, 0.15) is 43.0 Å². The molecule has 1 fully saturated rings. The molecule has 0 radical (unpaired) electrons. The third-order valence-electron chi connectivity index (χ3n) is 4.12. The van der Waals surface area contributed by atoms with Crippen molar-refractivity contribution in [2.45, 2.75) is 38.6 Å². The average molecular weight is 312 g/mol. The van der Waals surface area contributed by atoms with Crippen molar-refractivity contribution >= 4 is 17.5 Å². The van der Waals surface area contributed by atoms with E-state index in [2.05, 4.69) is 12.2 Å². The molecule has 0 aromatic heterocycles. The second-order valence-corrected chi connectivity index (χ2v) is 5.94. The van der Waals surface area contributed by atoms with Gasteiger partial charge in [-0.05, 0) is 30.9 Å². The standard InChI is InChI=1S/C16H22ClNO3/c1-10-6-4-5-7-13(10)18-16(19)11-8-12(17)15(21-3)14(9-11)20-2/h8-10,13H,4-7H2,1-3H3,(H,18,19)/t10-,13+/m0/s1. The smallest absolute Gasteiger partial charge is 0.251 e. The molecule has 4 nitrogen and oxygen atoms in total. The number of carbonyl (C=O) groups is 1. The van der Waals surface area contributed by atoms with Gasteiger partial charge in [-0.15, -0.1) is 0 Å². The van der Waals surface area contributed by atoms with E-state index in [0.717, 1.165) is 12.8 Å². The van der Waals surface area contributed by atoms with Gasteiger partial charge in [0, 0.05) is 11.6 Å². The first kappa shape index (κ1) is 16.0. The van der Waals surface area contributed by atoms with Crippen LogP contribution in [0.3, 0.4) is 0 Å². The summed E-state index contributed by atoms with van der Waals surface area (Å²) in [6, 6.07) is 3.51. The van der Waals surface area contributed by atoms with Gasteiger partial charge in [0.1, 0.15) is 0 Å². The zero-order chi connectivity index (χ0) is 15.4. The highest BCUT2D eigenvalue weighted by atomic mass is 35.5. The molecule has 0 unspecified atom stereocenters. The lowest BCUT2D eigenvalue weighted by molar-refractivity contribution is 0.0910. The number of ether oxygens (including phenoxy) is 2. The van der Waals surface area contributed by atoms with Crippen LogP contribution < -0.4 is 14.8 Å². The van der Waals surface area contributed by atoms with E-state index in [-0.39, 0.29) is 11.9 Å². The van der Waals surface area contributed by atoms with Crippen LogP contribution in [0.15, 0.2) is 12.1 Å². The minimum absolute atomic E-state index is 0.114. The fourth-order valence-electron chi connectivity index (χ4n) is 2.83. The van der Waals surface area contributed by atoms with Crippen molar-refractivity contribution < 1.29 is 14.3 Å². The Hall–Kier alpha value is -1.42. The SMILES string of the molecule is COc1cc(C(=O)N[C@@H]2CCCC[C@@H]2C)cc(Cl)c1OC. The Kier molecular flexibility index (Phi) is 5.34. The number of carbonyl (C=O) groups excluding carboxylic acids is 1. The van der Waals surface area contributed by atoms with Crippen LogP contribution in [0.5, 0.6) is 11.5 Å². The van der Waals surface area contributed by atoms with Crippen molar-refractivity contribution in [1.82, 2.24) is 5.32 Å². The maximum Gasteiger partial charge on any atom is 0.251 e. The Bertz CT molecular complexity index is 518. The van der Waals surface area contributed by atoms with Crippen LogP contribution in [0.4, 0.5) is 0 Å². The van der Waals surface area contributed by atoms with Crippen molar-refractivity contribution in [1.29, 1.82) is 0 Å². The summed E-state index contributed by atoms with van der Waals surface area (Å²) in [5.74, 6) is 1.31. The summed E-state index contributed by atoms with van der Waals surface area (Å²) in [4.78, 5) is 12.4. The van der Waals surface area contributed by atoms with Gasteiger partial charge in [0.2, 0.25) is 0 Å². The molecule has 116 valence electrons. The summed E-state index contributed by atoms with van der Waals surface area (Å²) < 4.78 is 10.4. The lowest BCUT2D eigenvalue weighted by atomic mass is 9.86. The molecule has 0 saturated heterocycles. The second-order valence-electron chi connectivity index (χ2n) is 5.54. The molecule has 1 N–H and O–H groups in total. The Labute approximate surface area is 130 Å². The molecule has 1 saturated carbocycles. The Morgan fingerprint density at radius 1 is 1.24 bits per heavy atom. The molecular weight excluding hydrogens is 290 g/mol. The van der Waals surface area contributed by atoms with Gasteiger partial charge >= 0.3 is 0 Å². The van der Waals surface area contributed by atoms with E-state index in [1.165, 1.54) is 27.1 Å². The second kappa shape index (κ2) is 7.03. The number of benzene rings is 1. The Morgan fingerprint density at radius 3 is 2.57 bits per heavy atom. The summed E-state index contributed by atoms with van der Waals surface area (Å²) in [6.45, 7) is 2.19. The van der Waals surface area contributed by atoms with Gasteiger partial charge in [0.15, 0.2) is 11.5 Å². The largest absolute Gasteiger partial charge is 0.493 e. The molecule has 5 heteroatoms. The van der Waals surface area contributed by atoms with Crippen molar-refractivity contribution in [3.63, 3.8) is 0 Å². The van der Waals surface area contributed by atoms with Crippen molar-refractivity contribution in [2.75, 3.05) is 14.2 Å². The number of halogens is 1. The van der Waals surface area contributed by atoms with Crippen molar-refractivity contribution in [3.05, 3.63) is 22.7 Å². The number of rotatable bonds is 4. The first-order chi connectivity index (χ1) is 10.1. The van der Waals surface area contributed by atoms with Gasteiger partial charge in [-0.3, -0.25) is 4.79 Å². The molecule has 0 spiro atoms. The highest BCUT2D eigenvalue weighted by molar-refractivity contribution is 6.32. The molecule has 2 rings (SSSR count). The third-order valence-corrected chi connectivity index (χ3v) is 4.40. The Balaban J connectivity index is 2.17. The summed E-state index contributed by atoms with van der Waals surface area (Å²) in [7, 11) is 3.05. The number of methoxy groups -OCH3 is 2. The van der Waals surface area contributed by atoms with Gasteiger partial charge in [-0.25, -0.2) is 0 Å². The Morgan fingerprint density at radius 2 is 1.95 bits per heavy atom. The lowest BCUT2D eigenvalue weighted by Gasteiger charge is -2.29. The van der Waals surface area contributed by atoms with E-state index >= 15 is 0 Å². The summed E-state index contributed by atoms with van der Waals surface area (Å²) in [6.07, 6.45) is 4.61. The molecule has 0 heterocycles. The predicted octanol–water partition coefficient (Wildman–Crippen LogP) is 3.67. The van der Waals surface area contributed by atoms with Gasteiger partial charge in [-0.1, -0.05) is 31.4 Å². The first-order valence-electron chi connectivity index (χ1n) is 7.29. The number of amides is 1. The van der Waals surface area contributed by atoms with Gasteiger partial charge < -0.3 is 14.8 Å². The summed E-state index contributed by atoms with van der Waals surface area (Å²) >= 11 is 6.14. The van der Waals surface area contributed by atoms with Gasteiger partial charge in [0.25, 0.3) is 5.91 Å². The topological polar surface area (TPSA) is 47.6 Å². The predicted molar refractivity (Wildman–Crippen MR) is 83.4 cm³/mol. The lowest BCUT2D eigenvalue weighted by Crippen LogP contribution is -2.41. The van der Waals surface area contributed by atoms with E-state index in [0.29, 0.717) is 28.0 Å². The zero-order valence-electron chi connectivity index (χ0n) is 12.7. The van der Waals surface area contributed by atoms with Crippen LogP contribution in [-0.4, -0.2) is 26.2 Å². The highest BCUT2D eigenvalue weighted by Crippen LogP contribution is 2.36. The third kappa shape index (κ3) is 3.62. The molecule has 1 aromatic rings. The monoisotopic (exact) mass is 311 g/mol. The molecular formula is C16H22ClNO3. The van der Waals surface area contributed by atoms with E-state index in [4.69, 9.17) is 21.1 Å². The number of hydrogen-bond donors (Lipinski definition) is 1. The fourth-order valence-corrected chi connectivity index (χ4v) is 3.12. The van der Waals surface area contributed by atoms with E-state index < -0.39 is 0 Å². The quantitative estimate of drug-likeness (QED) is 0.923. The molecule has 21 heavy (non-hydrogen) atoms. The molecule has 2 atom stereocenters. The molecule has 1 aliphatic carbocycles. The summed E-state index contributed by atoms with van der Waals surface area (Å²) in [5, 5.41) is 3.48. The summed E-state index contributed by atoms with van der Waals surface area (Å²) in [5.41, 5.74) is 0.496. The minimum Gasteiger partial charge on any atom is -0.493 e. The normalized spacial score (nSPS) is 21.7. The highest BCUT2D eigenvalue weighted by Gasteiger charge is 2.24. The van der Waals surface area contributed by atoms with Crippen LogP contribution in [-0.2, 0) is 0 Å². The maximum absolute atomic E-state index is 12.4. The molecule has 0 aliphatic heterocycles. The number of hydrogen-bond acceptors (Lipinski definition) is 3. The van der Waals surface area contributed by atoms with Gasteiger partial charge in [0.05, 0.1) is 19.2 Å². The zero-order valence-corrected chi connectivity index (χ0v) is 13.5. The van der Waals surface area contributed by atoms with E-state index in [9.17, 15) is 4.79 Å². The maximum atomic E-state index is 12.4. The van der Waals surface area contributed by atoms with E-state index in [1.54, 1.807) is 12.1 Å². The van der Waals surface area contributed by atoms with E-state index in [1.807, 2.05) is 0 Å². The van der Waals surface area contributed by atoms with Crippen molar-refractivity contribution in [2.24, 2.45) is 5.92 Å². The van der Waals surface area contributed by atoms with Crippen LogP contribution in [0.25, 0.3) is 0 Å². The molecule has 1 aromatic carbocycles. The minimum atomic E-state index is -0.114. The van der Waals surface area contributed by atoms with Crippen molar-refractivity contribution in [3.8, 4) is 11.5 Å². The molecule has 1 amide bonds. The first-order valence-corrected chi connectivity index (χ1v) is 7.67. The average Bonchev–Trinajstić information content (AvgIpc) is 2.48. The van der Waals surface area contributed by atoms with Crippen LogP contribution in [0.2, 0.25) is 5.02 Å². The van der Waals surface area contributed by atoms with Crippen LogP contribution >= 0.6 is 11.6 Å².